The number of aromatic nitrogens is 4. The highest BCUT2D eigenvalue weighted by Crippen LogP contribution is 2.22. The van der Waals surface area contributed by atoms with E-state index in [4.69, 9.17) is 0 Å². The Hall–Kier alpha value is -2.12. The SMILES string of the molecule is Fc1ccccc1CN1CCC[C@H](Cn2nnc(-c3cccs3)n2)C1. The molecule has 5 nitrogen and oxygen atoms in total. The molecule has 1 fully saturated rings. The number of hydrogen-bond acceptors (Lipinski definition) is 5. The number of hydrogen-bond donors (Lipinski definition) is 0. The quantitative estimate of drug-likeness (QED) is 0.702. The van der Waals surface area contributed by atoms with Gasteiger partial charge in [-0.2, -0.15) is 4.80 Å². The van der Waals surface area contributed by atoms with Gasteiger partial charge in [-0.05, 0) is 48.0 Å². The maximum Gasteiger partial charge on any atom is 0.214 e. The van der Waals surface area contributed by atoms with Crippen molar-refractivity contribution in [3.8, 4) is 10.7 Å². The first-order valence-electron chi connectivity index (χ1n) is 8.55. The fourth-order valence-electron chi connectivity index (χ4n) is 3.37. The third-order valence-electron chi connectivity index (χ3n) is 4.57. The van der Waals surface area contributed by atoms with Gasteiger partial charge in [0, 0.05) is 18.7 Å². The van der Waals surface area contributed by atoms with E-state index in [-0.39, 0.29) is 5.82 Å². The Morgan fingerprint density at radius 3 is 2.96 bits per heavy atom. The molecule has 3 heterocycles. The highest BCUT2D eigenvalue weighted by molar-refractivity contribution is 7.13. The van der Waals surface area contributed by atoms with Crippen molar-refractivity contribution < 1.29 is 4.39 Å². The molecule has 25 heavy (non-hydrogen) atoms. The maximum absolute atomic E-state index is 13.9. The van der Waals surface area contributed by atoms with Crippen LogP contribution < -0.4 is 0 Å². The Labute approximate surface area is 150 Å². The molecular formula is C18H20FN5S. The van der Waals surface area contributed by atoms with Gasteiger partial charge in [-0.25, -0.2) is 4.39 Å². The molecule has 4 rings (SSSR count). The van der Waals surface area contributed by atoms with Crippen molar-refractivity contribution in [2.45, 2.75) is 25.9 Å². The Bertz CT molecular complexity index is 817. The molecule has 3 aromatic rings. The largest absolute Gasteiger partial charge is 0.299 e. The monoisotopic (exact) mass is 357 g/mol. The van der Waals surface area contributed by atoms with Crippen molar-refractivity contribution in [1.82, 2.24) is 25.1 Å². The smallest absolute Gasteiger partial charge is 0.214 e. The van der Waals surface area contributed by atoms with Gasteiger partial charge in [0.05, 0.1) is 11.4 Å². The van der Waals surface area contributed by atoms with Gasteiger partial charge in [-0.3, -0.25) is 4.90 Å². The van der Waals surface area contributed by atoms with Crippen LogP contribution in [0.2, 0.25) is 0 Å². The third kappa shape index (κ3) is 3.93. The van der Waals surface area contributed by atoms with E-state index in [0.29, 0.717) is 18.3 Å². The molecule has 0 bridgehead atoms. The zero-order chi connectivity index (χ0) is 17.1. The van der Waals surface area contributed by atoms with Gasteiger partial charge < -0.3 is 0 Å². The Morgan fingerprint density at radius 1 is 1.20 bits per heavy atom. The molecule has 1 atom stereocenters. The summed E-state index contributed by atoms with van der Waals surface area (Å²) < 4.78 is 13.9. The van der Waals surface area contributed by atoms with E-state index < -0.39 is 0 Å². The molecule has 1 aliphatic rings. The molecule has 0 radical (unpaired) electrons. The molecule has 0 N–H and O–H groups in total. The average molecular weight is 357 g/mol. The number of likely N-dealkylation sites (tertiary alicyclic amines) is 1. The predicted octanol–water partition coefficient (Wildman–Crippen LogP) is 3.45. The first-order chi connectivity index (χ1) is 12.3. The number of nitrogens with zero attached hydrogens (tertiary/aromatic N) is 5. The van der Waals surface area contributed by atoms with Gasteiger partial charge in [0.25, 0.3) is 0 Å². The van der Waals surface area contributed by atoms with Crippen LogP contribution >= 0.6 is 11.3 Å². The second-order valence-corrected chi connectivity index (χ2v) is 7.43. The van der Waals surface area contributed by atoms with E-state index in [1.807, 2.05) is 29.6 Å². The van der Waals surface area contributed by atoms with Gasteiger partial charge in [-0.1, -0.05) is 24.3 Å². The number of benzene rings is 1. The molecule has 0 unspecified atom stereocenters. The molecular weight excluding hydrogens is 337 g/mol. The summed E-state index contributed by atoms with van der Waals surface area (Å²) >= 11 is 1.62. The van der Waals surface area contributed by atoms with Crippen molar-refractivity contribution in [2.75, 3.05) is 13.1 Å². The van der Waals surface area contributed by atoms with E-state index in [0.717, 1.165) is 42.9 Å². The van der Waals surface area contributed by atoms with Crippen molar-refractivity contribution in [3.05, 3.63) is 53.2 Å². The van der Waals surface area contributed by atoms with Crippen LogP contribution in [0.4, 0.5) is 4.39 Å². The summed E-state index contributed by atoms with van der Waals surface area (Å²) in [4.78, 5) is 5.06. The van der Waals surface area contributed by atoms with Gasteiger partial charge in [0.2, 0.25) is 5.82 Å². The molecule has 130 valence electrons. The first-order valence-corrected chi connectivity index (χ1v) is 9.43. The number of rotatable bonds is 5. The summed E-state index contributed by atoms with van der Waals surface area (Å²) in [6.07, 6.45) is 2.26. The number of thiophene rings is 1. The Morgan fingerprint density at radius 2 is 2.12 bits per heavy atom. The Kier molecular flexibility index (Phi) is 4.85. The molecule has 0 spiro atoms. The molecule has 1 saturated heterocycles. The highest BCUT2D eigenvalue weighted by atomic mass is 32.1. The standard InChI is InChI=1S/C18H20FN5S/c19-16-7-2-1-6-15(16)13-23-9-3-5-14(11-23)12-24-21-18(20-22-24)17-8-4-10-25-17/h1-2,4,6-8,10,14H,3,5,9,11-13H2/t14-/m0/s1. The van der Waals surface area contributed by atoms with Crippen molar-refractivity contribution >= 4 is 11.3 Å². The summed E-state index contributed by atoms with van der Waals surface area (Å²) in [5.41, 5.74) is 0.766. The van der Waals surface area contributed by atoms with Crippen LogP contribution in [-0.2, 0) is 13.1 Å². The van der Waals surface area contributed by atoms with Gasteiger partial charge >= 0.3 is 0 Å². The van der Waals surface area contributed by atoms with Gasteiger partial charge in [0.1, 0.15) is 5.82 Å². The lowest BCUT2D eigenvalue weighted by Gasteiger charge is -2.32. The molecule has 7 heteroatoms. The zero-order valence-electron chi connectivity index (χ0n) is 13.9. The molecule has 0 saturated carbocycles. The maximum atomic E-state index is 13.9. The van der Waals surface area contributed by atoms with Crippen LogP contribution in [0.25, 0.3) is 10.7 Å². The lowest BCUT2D eigenvalue weighted by atomic mass is 9.97. The van der Waals surface area contributed by atoms with E-state index in [9.17, 15) is 4.39 Å². The fraction of sp³-hybridized carbons (Fsp3) is 0.389. The van der Waals surface area contributed by atoms with Crippen molar-refractivity contribution in [2.24, 2.45) is 5.92 Å². The minimum atomic E-state index is -0.122. The highest BCUT2D eigenvalue weighted by Gasteiger charge is 2.22. The fourth-order valence-corrected chi connectivity index (χ4v) is 4.02. The molecule has 0 amide bonds. The van der Waals surface area contributed by atoms with Crippen LogP contribution in [0.1, 0.15) is 18.4 Å². The van der Waals surface area contributed by atoms with E-state index in [2.05, 4.69) is 20.3 Å². The van der Waals surface area contributed by atoms with Crippen molar-refractivity contribution in [1.29, 1.82) is 0 Å². The number of piperidine rings is 1. The van der Waals surface area contributed by atoms with E-state index in [1.165, 1.54) is 6.07 Å². The number of halogens is 1. The second kappa shape index (κ2) is 7.41. The summed E-state index contributed by atoms with van der Waals surface area (Å²) in [5.74, 6) is 1.03. The molecule has 2 aromatic heterocycles. The normalized spacial score (nSPS) is 18.5. The predicted molar refractivity (Wildman–Crippen MR) is 95.5 cm³/mol. The summed E-state index contributed by atoms with van der Waals surface area (Å²) in [7, 11) is 0. The van der Waals surface area contributed by atoms with Gasteiger partial charge in [0.15, 0.2) is 0 Å². The van der Waals surface area contributed by atoms with Crippen LogP contribution in [0, 0.1) is 11.7 Å². The van der Waals surface area contributed by atoms with Crippen LogP contribution in [0.15, 0.2) is 41.8 Å². The lowest BCUT2D eigenvalue weighted by Crippen LogP contribution is -2.37. The minimum Gasteiger partial charge on any atom is -0.299 e. The minimum absolute atomic E-state index is 0.122. The third-order valence-corrected chi connectivity index (χ3v) is 5.44. The van der Waals surface area contributed by atoms with Crippen molar-refractivity contribution in [3.63, 3.8) is 0 Å². The van der Waals surface area contributed by atoms with Crippen LogP contribution in [-0.4, -0.2) is 38.2 Å². The topological polar surface area (TPSA) is 46.8 Å². The molecule has 0 aliphatic carbocycles. The Balaban J connectivity index is 1.38. The van der Waals surface area contributed by atoms with E-state index >= 15 is 0 Å². The van der Waals surface area contributed by atoms with E-state index in [1.54, 1.807) is 22.2 Å². The zero-order valence-corrected chi connectivity index (χ0v) is 14.7. The molecule has 1 aliphatic heterocycles. The summed E-state index contributed by atoms with van der Waals surface area (Å²) in [5, 5.41) is 14.9. The summed E-state index contributed by atoms with van der Waals surface area (Å²) in [6.45, 7) is 3.36. The average Bonchev–Trinajstić information content (AvgIpc) is 3.29. The lowest BCUT2D eigenvalue weighted by molar-refractivity contribution is 0.148. The van der Waals surface area contributed by atoms with Crippen LogP contribution in [0.3, 0.4) is 0 Å². The molecule has 1 aromatic carbocycles. The van der Waals surface area contributed by atoms with Gasteiger partial charge in [-0.15, -0.1) is 21.5 Å². The summed E-state index contributed by atoms with van der Waals surface area (Å²) in [6, 6.07) is 11.0. The second-order valence-electron chi connectivity index (χ2n) is 6.48. The first kappa shape index (κ1) is 16.4. The van der Waals surface area contributed by atoms with Crippen LogP contribution in [0.5, 0.6) is 0 Å². The number of tetrazole rings is 1.